The first kappa shape index (κ1) is 23.9. The van der Waals surface area contributed by atoms with Gasteiger partial charge in [-0.1, -0.05) is 12.1 Å². The van der Waals surface area contributed by atoms with E-state index in [2.05, 4.69) is 15.1 Å². The van der Waals surface area contributed by atoms with Crippen LogP contribution in [-0.4, -0.2) is 77.0 Å². The van der Waals surface area contributed by atoms with Gasteiger partial charge in [-0.2, -0.15) is 0 Å². The summed E-state index contributed by atoms with van der Waals surface area (Å²) in [6.07, 6.45) is 3.28. The number of benzene rings is 2. The quantitative estimate of drug-likeness (QED) is 0.480. The van der Waals surface area contributed by atoms with Crippen molar-refractivity contribution < 1.29 is 28.4 Å². The largest absolute Gasteiger partial charge is 0.493 e. The van der Waals surface area contributed by atoms with E-state index >= 15 is 0 Å². The summed E-state index contributed by atoms with van der Waals surface area (Å²) in [6.45, 7) is 3.30. The highest BCUT2D eigenvalue weighted by Gasteiger charge is 2.33. The van der Waals surface area contributed by atoms with Crippen LogP contribution in [0.1, 0.15) is 5.56 Å². The van der Waals surface area contributed by atoms with Gasteiger partial charge in [-0.05, 0) is 29.8 Å². The molecule has 1 fully saturated rings. The first-order valence-electron chi connectivity index (χ1n) is 11.1. The normalized spacial score (nSPS) is 18.9. The molecule has 1 saturated heterocycles. The van der Waals surface area contributed by atoms with Gasteiger partial charge in [0, 0.05) is 25.7 Å². The van der Waals surface area contributed by atoms with Gasteiger partial charge in [-0.15, -0.1) is 10.2 Å². The second kappa shape index (κ2) is 11.3. The minimum atomic E-state index is -1.22. The van der Waals surface area contributed by atoms with E-state index in [1.54, 1.807) is 31.9 Å². The van der Waals surface area contributed by atoms with Gasteiger partial charge < -0.3 is 28.6 Å². The van der Waals surface area contributed by atoms with E-state index in [-0.39, 0.29) is 19.0 Å². The molecule has 1 N–H and O–H groups in total. The van der Waals surface area contributed by atoms with Gasteiger partial charge in [-0.25, -0.2) is 4.39 Å². The first-order chi connectivity index (χ1) is 16.5. The minimum Gasteiger partial charge on any atom is -0.493 e. The number of hydrogen-bond acceptors (Lipinski definition) is 8. The van der Waals surface area contributed by atoms with Crippen molar-refractivity contribution in [1.29, 1.82) is 0 Å². The van der Waals surface area contributed by atoms with Gasteiger partial charge in [0.25, 0.3) is 0 Å². The predicted octanol–water partition coefficient (Wildman–Crippen LogP) is 2.15. The molecule has 0 saturated carbocycles. The Kier molecular flexibility index (Phi) is 7.94. The fraction of sp³-hybridized carbons (Fsp3) is 0.417. The lowest BCUT2D eigenvalue weighted by Crippen LogP contribution is -2.48. The van der Waals surface area contributed by atoms with Crippen LogP contribution < -0.4 is 14.2 Å². The number of ether oxygens (including phenoxy) is 4. The second-order valence-corrected chi connectivity index (χ2v) is 8.27. The summed E-state index contributed by atoms with van der Waals surface area (Å²) < 4.78 is 37.9. The zero-order valence-electron chi connectivity index (χ0n) is 19.1. The van der Waals surface area contributed by atoms with Crippen LogP contribution in [0.15, 0.2) is 55.1 Å². The van der Waals surface area contributed by atoms with Crippen LogP contribution in [0, 0.1) is 5.82 Å². The van der Waals surface area contributed by atoms with Crippen molar-refractivity contribution in [2.24, 2.45) is 0 Å². The van der Waals surface area contributed by atoms with Crippen molar-refractivity contribution in [3.63, 3.8) is 0 Å². The third kappa shape index (κ3) is 6.66. The van der Waals surface area contributed by atoms with Gasteiger partial charge >= 0.3 is 0 Å². The molecular weight excluding hydrogens is 443 g/mol. The van der Waals surface area contributed by atoms with Crippen molar-refractivity contribution in [2.75, 3.05) is 46.6 Å². The number of nitrogens with zero attached hydrogens (tertiary/aromatic N) is 4. The maximum Gasteiger partial charge on any atom is 0.161 e. The third-order valence-electron chi connectivity index (χ3n) is 5.45. The van der Waals surface area contributed by atoms with Crippen LogP contribution in [-0.2, 0) is 17.8 Å². The molecule has 1 unspecified atom stereocenters. The Morgan fingerprint density at radius 3 is 2.76 bits per heavy atom. The summed E-state index contributed by atoms with van der Waals surface area (Å²) >= 11 is 0. The molecule has 2 aromatic carbocycles. The van der Waals surface area contributed by atoms with Crippen LogP contribution >= 0.6 is 0 Å². The molecule has 1 aliphatic heterocycles. The Bertz CT molecular complexity index is 1050. The third-order valence-corrected chi connectivity index (χ3v) is 5.45. The minimum absolute atomic E-state index is 0.00448. The Hall–Kier alpha value is -3.21. The lowest BCUT2D eigenvalue weighted by atomic mass is 10.1. The summed E-state index contributed by atoms with van der Waals surface area (Å²) in [7, 11) is 1.61. The zero-order chi connectivity index (χ0) is 23.8. The van der Waals surface area contributed by atoms with E-state index in [4.69, 9.17) is 18.9 Å². The lowest BCUT2D eigenvalue weighted by molar-refractivity contribution is -0.0647. The van der Waals surface area contributed by atoms with Crippen LogP contribution in [0.2, 0.25) is 0 Å². The number of aromatic nitrogens is 3. The average molecular weight is 473 g/mol. The van der Waals surface area contributed by atoms with Gasteiger partial charge in [0.05, 0.1) is 26.9 Å². The molecule has 1 atom stereocenters. The smallest absolute Gasteiger partial charge is 0.161 e. The van der Waals surface area contributed by atoms with Crippen molar-refractivity contribution in [2.45, 2.75) is 18.7 Å². The molecule has 9 nitrogen and oxygen atoms in total. The standard InChI is InChI=1S/C24H29FN4O5/c1-31-23-11-19(5-6-22(23)33-10-8-29-17-26-27-18-29)13-28-7-9-32-15-24(30,14-28)16-34-21-4-2-3-20(25)12-21/h2-6,11-12,17-18,30H,7-10,13-16H2,1H3. The maximum absolute atomic E-state index is 13.4. The van der Waals surface area contributed by atoms with E-state index in [1.165, 1.54) is 12.1 Å². The highest BCUT2D eigenvalue weighted by atomic mass is 19.1. The number of halogens is 1. The molecule has 0 aliphatic carbocycles. The molecule has 4 rings (SSSR count). The number of rotatable bonds is 10. The number of β-amino-alcohol motifs (C(OH)–C–C–N with tert-alkyl or cyclic N) is 1. The average Bonchev–Trinajstić information content (AvgIpc) is 3.28. The van der Waals surface area contributed by atoms with E-state index in [0.717, 1.165) is 5.56 Å². The van der Waals surface area contributed by atoms with E-state index in [0.29, 0.717) is 56.6 Å². The number of hydrogen-bond donors (Lipinski definition) is 1. The molecule has 0 spiro atoms. The molecule has 0 radical (unpaired) electrons. The van der Waals surface area contributed by atoms with Crippen LogP contribution in [0.25, 0.3) is 0 Å². The highest BCUT2D eigenvalue weighted by Crippen LogP contribution is 2.29. The Morgan fingerprint density at radius 1 is 1.12 bits per heavy atom. The fourth-order valence-electron chi connectivity index (χ4n) is 3.78. The lowest BCUT2D eigenvalue weighted by Gasteiger charge is -2.30. The van der Waals surface area contributed by atoms with Crippen molar-refractivity contribution in [3.8, 4) is 17.2 Å². The molecular formula is C24H29FN4O5. The topological polar surface area (TPSA) is 91.1 Å². The summed E-state index contributed by atoms with van der Waals surface area (Å²) in [5.74, 6) is 1.27. The molecule has 0 bridgehead atoms. The molecule has 2 heterocycles. The van der Waals surface area contributed by atoms with Crippen molar-refractivity contribution >= 4 is 0 Å². The van der Waals surface area contributed by atoms with Crippen LogP contribution in [0.5, 0.6) is 17.2 Å². The van der Waals surface area contributed by atoms with Crippen LogP contribution in [0.4, 0.5) is 4.39 Å². The predicted molar refractivity (Wildman–Crippen MR) is 121 cm³/mol. The maximum atomic E-state index is 13.4. The zero-order valence-corrected chi connectivity index (χ0v) is 19.1. The second-order valence-electron chi connectivity index (χ2n) is 8.27. The molecule has 10 heteroatoms. The summed E-state index contributed by atoms with van der Waals surface area (Å²) in [6, 6.07) is 11.7. The van der Waals surface area contributed by atoms with Gasteiger partial charge in [0.2, 0.25) is 0 Å². The molecule has 34 heavy (non-hydrogen) atoms. The van der Waals surface area contributed by atoms with Crippen LogP contribution in [0.3, 0.4) is 0 Å². The molecule has 182 valence electrons. The fourth-order valence-corrected chi connectivity index (χ4v) is 3.78. The SMILES string of the molecule is COc1cc(CN2CCOCC(O)(COc3cccc(F)c3)C2)ccc1OCCn1cnnc1. The Labute approximate surface area is 197 Å². The van der Waals surface area contributed by atoms with Gasteiger partial charge in [-0.3, -0.25) is 4.90 Å². The molecule has 3 aromatic rings. The number of methoxy groups -OCH3 is 1. The van der Waals surface area contributed by atoms with E-state index < -0.39 is 5.60 Å². The van der Waals surface area contributed by atoms with Crippen molar-refractivity contribution in [3.05, 3.63) is 66.5 Å². The van der Waals surface area contributed by atoms with Gasteiger partial charge in [0.1, 0.15) is 43.0 Å². The van der Waals surface area contributed by atoms with E-state index in [9.17, 15) is 9.50 Å². The Morgan fingerprint density at radius 2 is 1.97 bits per heavy atom. The van der Waals surface area contributed by atoms with Gasteiger partial charge in [0.15, 0.2) is 11.5 Å². The summed E-state index contributed by atoms with van der Waals surface area (Å²) in [4.78, 5) is 2.10. The first-order valence-corrected chi connectivity index (χ1v) is 11.1. The molecule has 0 amide bonds. The highest BCUT2D eigenvalue weighted by molar-refractivity contribution is 5.43. The number of aliphatic hydroxyl groups is 1. The molecule has 1 aromatic heterocycles. The Balaban J connectivity index is 1.35. The summed E-state index contributed by atoms with van der Waals surface area (Å²) in [5.41, 5.74) is -0.212. The van der Waals surface area contributed by atoms with E-state index in [1.807, 2.05) is 22.8 Å². The monoisotopic (exact) mass is 472 g/mol. The summed E-state index contributed by atoms with van der Waals surface area (Å²) in [5, 5.41) is 18.7. The molecule has 1 aliphatic rings. The van der Waals surface area contributed by atoms with Crippen molar-refractivity contribution in [1.82, 2.24) is 19.7 Å².